The van der Waals surface area contributed by atoms with E-state index in [4.69, 9.17) is 0 Å². The average molecular weight is 289 g/mol. The zero-order valence-electron chi connectivity index (χ0n) is 12.2. The Balaban J connectivity index is 0.00000180. The number of carbonyl (C=O) groups is 1. The molecule has 0 aromatic rings. The molecule has 2 fully saturated rings. The van der Waals surface area contributed by atoms with Crippen LogP contribution in [0.4, 0.5) is 0 Å². The van der Waals surface area contributed by atoms with E-state index in [2.05, 4.69) is 10.2 Å². The van der Waals surface area contributed by atoms with E-state index in [1.54, 1.807) is 0 Å². The number of nitrogens with one attached hydrogen (secondary N) is 1. The molecular formula is C15H29ClN2O. The Kier molecular flexibility index (Phi) is 7.77. The Morgan fingerprint density at radius 1 is 1.21 bits per heavy atom. The minimum Gasteiger partial charge on any atom is -0.338 e. The van der Waals surface area contributed by atoms with E-state index in [1.165, 1.54) is 44.9 Å². The predicted molar refractivity (Wildman–Crippen MR) is 81.7 cm³/mol. The van der Waals surface area contributed by atoms with E-state index in [1.807, 2.05) is 7.05 Å². The summed E-state index contributed by atoms with van der Waals surface area (Å²) in [7, 11) is 1.97. The number of amides is 1. The minimum atomic E-state index is 0. The highest BCUT2D eigenvalue weighted by Gasteiger charge is 2.27. The van der Waals surface area contributed by atoms with Gasteiger partial charge in [-0.15, -0.1) is 12.4 Å². The zero-order chi connectivity index (χ0) is 12.8. The molecule has 2 rings (SSSR count). The Bertz CT molecular complexity index is 267. The molecule has 1 unspecified atom stereocenters. The average Bonchev–Trinajstić information content (AvgIpc) is 3.00. The largest absolute Gasteiger partial charge is 0.338 e. The van der Waals surface area contributed by atoms with Gasteiger partial charge >= 0.3 is 0 Å². The molecule has 1 aliphatic heterocycles. The van der Waals surface area contributed by atoms with E-state index in [9.17, 15) is 4.79 Å². The molecule has 112 valence electrons. The maximum absolute atomic E-state index is 12.2. The first-order chi connectivity index (χ1) is 8.81. The standard InChI is InChI=1S/C15H28N2O.ClH/c1-16-12-14-9-5-11-17(14)15(18)10-4-8-13-6-2-3-7-13;/h13-14,16H,2-12H2,1H3;1H. The van der Waals surface area contributed by atoms with E-state index < -0.39 is 0 Å². The van der Waals surface area contributed by atoms with Gasteiger partial charge in [0.15, 0.2) is 0 Å². The molecule has 1 aliphatic carbocycles. The molecule has 4 heteroatoms. The molecule has 1 N–H and O–H groups in total. The molecular weight excluding hydrogens is 260 g/mol. The Morgan fingerprint density at radius 3 is 2.63 bits per heavy atom. The summed E-state index contributed by atoms with van der Waals surface area (Å²) < 4.78 is 0. The number of rotatable bonds is 6. The SMILES string of the molecule is CNCC1CCCN1C(=O)CCCC1CCCC1.Cl. The van der Waals surface area contributed by atoms with Gasteiger partial charge in [0, 0.05) is 25.6 Å². The van der Waals surface area contributed by atoms with E-state index in [0.717, 1.165) is 31.8 Å². The van der Waals surface area contributed by atoms with Crippen molar-refractivity contribution >= 4 is 18.3 Å². The fourth-order valence-corrected chi connectivity index (χ4v) is 3.60. The highest BCUT2D eigenvalue weighted by Crippen LogP contribution is 2.29. The van der Waals surface area contributed by atoms with Crippen molar-refractivity contribution < 1.29 is 4.79 Å². The third-order valence-electron chi connectivity index (χ3n) is 4.61. The first-order valence-corrected chi connectivity index (χ1v) is 7.75. The molecule has 0 bridgehead atoms. The van der Waals surface area contributed by atoms with Crippen LogP contribution in [-0.4, -0.2) is 37.0 Å². The fourth-order valence-electron chi connectivity index (χ4n) is 3.60. The van der Waals surface area contributed by atoms with Crippen molar-refractivity contribution in [2.45, 2.75) is 63.8 Å². The molecule has 1 heterocycles. The van der Waals surface area contributed by atoms with E-state index >= 15 is 0 Å². The van der Waals surface area contributed by atoms with Crippen LogP contribution in [-0.2, 0) is 4.79 Å². The van der Waals surface area contributed by atoms with Crippen LogP contribution in [0.5, 0.6) is 0 Å². The quantitative estimate of drug-likeness (QED) is 0.815. The van der Waals surface area contributed by atoms with Crippen LogP contribution >= 0.6 is 12.4 Å². The van der Waals surface area contributed by atoms with Gasteiger partial charge in [0.2, 0.25) is 5.91 Å². The van der Waals surface area contributed by atoms with Crippen LogP contribution in [0.3, 0.4) is 0 Å². The van der Waals surface area contributed by atoms with Gasteiger partial charge in [-0.2, -0.15) is 0 Å². The summed E-state index contributed by atoms with van der Waals surface area (Å²) in [6, 6.07) is 0.453. The second kappa shape index (κ2) is 8.80. The van der Waals surface area contributed by atoms with E-state index in [0.29, 0.717) is 11.9 Å². The molecule has 1 atom stereocenters. The number of hydrogen-bond donors (Lipinski definition) is 1. The van der Waals surface area contributed by atoms with Gasteiger partial charge in [-0.3, -0.25) is 4.79 Å². The van der Waals surface area contributed by atoms with Gasteiger partial charge in [0.1, 0.15) is 0 Å². The van der Waals surface area contributed by atoms with Crippen molar-refractivity contribution in [3.63, 3.8) is 0 Å². The van der Waals surface area contributed by atoms with Crippen molar-refractivity contribution in [3.05, 3.63) is 0 Å². The van der Waals surface area contributed by atoms with Gasteiger partial charge in [-0.05, 0) is 38.6 Å². The summed E-state index contributed by atoms with van der Waals surface area (Å²) in [5.41, 5.74) is 0. The fraction of sp³-hybridized carbons (Fsp3) is 0.933. The molecule has 1 amide bonds. The normalized spacial score (nSPS) is 23.6. The van der Waals surface area contributed by atoms with Crippen LogP contribution in [0.2, 0.25) is 0 Å². The Morgan fingerprint density at radius 2 is 1.95 bits per heavy atom. The van der Waals surface area contributed by atoms with E-state index in [-0.39, 0.29) is 12.4 Å². The second-order valence-electron chi connectivity index (χ2n) is 5.98. The number of halogens is 1. The van der Waals surface area contributed by atoms with Crippen LogP contribution in [0.15, 0.2) is 0 Å². The lowest BCUT2D eigenvalue weighted by atomic mass is 10.0. The summed E-state index contributed by atoms with van der Waals surface area (Å²) in [4.78, 5) is 14.3. The predicted octanol–water partition coefficient (Wildman–Crippen LogP) is 2.98. The first kappa shape index (κ1) is 16.8. The van der Waals surface area contributed by atoms with Crippen LogP contribution < -0.4 is 5.32 Å². The first-order valence-electron chi connectivity index (χ1n) is 7.75. The molecule has 2 aliphatic rings. The number of hydrogen-bond acceptors (Lipinski definition) is 2. The third-order valence-corrected chi connectivity index (χ3v) is 4.61. The van der Waals surface area contributed by atoms with Crippen LogP contribution in [0.25, 0.3) is 0 Å². The third kappa shape index (κ3) is 4.96. The maximum Gasteiger partial charge on any atom is 0.222 e. The monoisotopic (exact) mass is 288 g/mol. The van der Waals surface area contributed by atoms with Crippen molar-refractivity contribution in [1.29, 1.82) is 0 Å². The van der Waals surface area contributed by atoms with Gasteiger partial charge in [-0.25, -0.2) is 0 Å². The number of carbonyl (C=O) groups excluding carboxylic acids is 1. The van der Waals surface area contributed by atoms with Crippen molar-refractivity contribution in [2.24, 2.45) is 5.92 Å². The lowest BCUT2D eigenvalue weighted by Crippen LogP contribution is -2.40. The lowest BCUT2D eigenvalue weighted by Gasteiger charge is -2.24. The van der Waals surface area contributed by atoms with Gasteiger partial charge < -0.3 is 10.2 Å². The molecule has 3 nitrogen and oxygen atoms in total. The van der Waals surface area contributed by atoms with Crippen molar-refractivity contribution in [2.75, 3.05) is 20.1 Å². The zero-order valence-corrected chi connectivity index (χ0v) is 13.0. The Hall–Kier alpha value is -0.280. The summed E-state index contributed by atoms with van der Waals surface area (Å²) in [5, 5.41) is 3.20. The Labute approximate surface area is 123 Å². The number of nitrogens with zero attached hydrogens (tertiary/aromatic N) is 1. The lowest BCUT2D eigenvalue weighted by molar-refractivity contribution is -0.132. The number of likely N-dealkylation sites (N-methyl/N-ethyl adjacent to an activating group) is 1. The van der Waals surface area contributed by atoms with Crippen molar-refractivity contribution in [1.82, 2.24) is 10.2 Å². The molecule has 1 saturated heterocycles. The molecule has 1 saturated carbocycles. The van der Waals surface area contributed by atoms with Gasteiger partial charge in [-0.1, -0.05) is 25.7 Å². The molecule has 19 heavy (non-hydrogen) atoms. The summed E-state index contributed by atoms with van der Waals surface area (Å²) in [5.74, 6) is 1.32. The van der Waals surface area contributed by atoms with Crippen molar-refractivity contribution in [3.8, 4) is 0 Å². The summed E-state index contributed by atoms with van der Waals surface area (Å²) in [6.07, 6.45) is 11.1. The molecule has 0 aromatic heterocycles. The summed E-state index contributed by atoms with van der Waals surface area (Å²) >= 11 is 0. The minimum absolute atomic E-state index is 0. The molecule has 0 radical (unpaired) electrons. The van der Waals surface area contributed by atoms with Gasteiger partial charge in [0.05, 0.1) is 0 Å². The second-order valence-corrected chi connectivity index (χ2v) is 5.98. The molecule has 0 spiro atoms. The number of likely N-dealkylation sites (tertiary alicyclic amines) is 1. The van der Waals surface area contributed by atoms with Crippen LogP contribution in [0.1, 0.15) is 57.8 Å². The smallest absolute Gasteiger partial charge is 0.222 e. The maximum atomic E-state index is 12.2. The highest BCUT2D eigenvalue weighted by molar-refractivity contribution is 5.85. The highest BCUT2D eigenvalue weighted by atomic mass is 35.5. The summed E-state index contributed by atoms with van der Waals surface area (Å²) in [6.45, 7) is 1.93. The van der Waals surface area contributed by atoms with Gasteiger partial charge in [0.25, 0.3) is 0 Å². The molecule has 0 aromatic carbocycles. The van der Waals surface area contributed by atoms with Crippen LogP contribution in [0, 0.1) is 5.92 Å². The topological polar surface area (TPSA) is 32.3 Å².